The Bertz CT molecular complexity index is 673. The fraction of sp³-hybridized carbons (Fsp3) is 0.267. The number of aromatic nitrogens is 2. The molecular weight excluding hydrogens is 304 g/mol. The summed E-state index contributed by atoms with van der Waals surface area (Å²) in [7, 11) is 3.87. The van der Waals surface area contributed by atoms with Crippen molar-refractivity contribution in [3.8, 4) is 0 Å². The lowest BCUT2D eigenvalue weighted by Crippen LogP contribution is -2.21. The second-order valence-corrected chi connectivity index (χ2v) is 5.07. The average Bonchev–Trinajstić information content (AvgIpc) is 2.51. The molecule has 2 N–H and O–H groups in total. The lowest BCUT2D eigenvalue weighted by Gasteiger charge is -2.11. The summed E-state index contributed by atoms with van der Waals surface area (Å²) < 4.78 is 27.1. The molecule has 1 amide bonds. The van der Waals surface area contributed by atoms with E-state index in [-0.39, 0.29) is 5.69 Å². The molecule has 0 aliphatic carbocycles. The van der Waals surface area contributed by atoms with Crippen LogP contribution < -0.4 is 10.6 Å². The van der Waals surface area contributed by atoms with E-state index in [1.807, 2.05) is 19.0 Å². The molecule has 0 bridgehead atoms. The van der Waals surface area contributed by atoms with Gasteiger partial charge in [-0.25, -0.2) is 18.7 Å². The molecule has 23 heavy (non-hydrogen) atoms. The van der Waals surface area contributed by atoms with Crippen LogP contribution in [0.1, 0.15) is 10.5 Å². The third-order valence-electron chi connectivity index (χ3n) is 2.97. The van der Waals surface area contributed by atoms with Gasteiger partial charge in [-0.15, -0.1) is 0 Å². The number of halogens is 2. The molecule has 8 heteroatoms. The molecule has 0 aliphatic rings. The Morgan fingerprint density at radius 1 is 1.22 bits per heavy atom. The fourth-order valence-corrected chi connectivity index (χ4v) is 1.78. The Hall–Kier alpha value is -2.61. The fourth-order valence-electron chi connectivity index (χ4n) is 1.78. The van der Waals surface area contributed by atoms with Crippen molar-refractivity contribution in [3.05, 3.63) is 47.9 Å². The number of carbonyl (C=O) groups is 1. The van der Waals surface area contributed by atoms with E-state index in [9.17, 15) is 13.6 Å². The van der Waals surface area contributed by atoms with Gasteiger partial charge in [0.15, 0.2) is 0 Å². The average molecular weight is 321 g/mol. The highest BCUT2D eigenvalue weighted by Gasteiger charge is 2.15. The van der Waals surface area contributed by atoms with E-state index in [2.05, 4.69) is 20.6 Å². The maximum atomic E-state index is 13.5. The quantitative estimate of drug-likeness (QED) is 0.851. The zero-order chi connectivity index (χ0) is 16.8. The van der Waals surface area contributed by atoms with Gasteiger partial charge in [-0.2, -0.15) is 0 Å². The molecule has 0 fully saturated rings. The minimum atomic E-state index is -0.850. The first-order valence-corrected chi connectivity index (χ1v) is 6.93. The van der Waals surface area contributed by atoms with Gasteiger partial charge < -0.3 is 15.5 Å². The van der Waals surface area contributed by atoms with Gasteiger partial charge in [0.1, 0.15) is 35.2 Å². The van der Waals surface area contributed by atoms with Crippen LogP contribution in [0.3, 0.4) is 0 Å². The predicted octanol–water partition coefficient (Wildman–Crippen LogP) is 1.98. The van der Waals surface area contributed by atoms with Crippen molar-refractivity contribution in [2.24, 2.45) is 0 Å². The van der Waals surface area contributed by atoms with E-state index in [1.54, 1.807) is 0 Å². The van der Waals surface area contributed by atoms with Crippen molar-refractivity contribution in [2.45, 2.75) is 0 Å². The van der Waals surface area contributed by atoms with Crippen molar-refractivity contribution >= 4 is 17.4 Å². The highest BCUT2D eigenvalue weighted by molar-refractivity contribution is 6.03. The molecule has 1 aromatic carbocycles. The molecule has 0 aliphatic heterocycles. The van der Waals surface area contributed by atoms with Crippen molar-refractivity contribution in [2.75, 3.05) is 37.8 Å². The number of benzene rings is 1. The summed E-state index contributed by atoms with van der Waals surface area (Å²) >= 11 is 0. The number of nitrogens with one attached hydrogen (secondary N) is 2. The monoisotopic (exact) mass is 321 g/mol. The normalized spacial score (nSPS) is 10.7. The molecule has 2 rings (SSSR count). The summed E-state index contributed by atoms with van der Waals surface area (Å²) in [5.41, 5.74) is -0.492. The van der Waals surface area contributed by atoms with E-state index in [4.69, 9.17) is 0 Å². The number of para-hydroxylation sites is 1. The van der Waals surface area contributed by atoms with E-state index < -0.39 is 23.2 Å². The number of hydrogen-bond acceptors (Lipinski definition) is 5. The van der Waals surface area contributed by atoms with Crippen LogP contribution in [0.4, 0.5) is 20.3 Å². The van der Waals surface area contributed by atoms with Crippen LogP contribution in [0.5, 0.6) is 0 Å². The summed E-state index contributed by atoms with van der Waals surface area (Å²) in [6, 6.07) is 4.77. The van der Waals surface area contributed by atoms with Crippen molar-refractivity contribution in [1.29, 1.82) is 0 Å². The van der Waals surface area contributed by atoms with Crippen LogP contribution in [-0.2, 0) is 0 Å². The first-order valence-electron chi connectivity index (χ1n) is 6.93. The minimum Gasteiger partial charge on any atom is -0.369 e. The second kappa shape index (κ2) is 7.59. The van der Waals surface area contributed by atoms with E-state index in [0.717, 1.165) is 18.7 Å². The number of rotatable bonds is 6. The minimum absolute atomic E-state index is 0.00926. The number of hydrogen-bond donors (Lipinski definition) is 2. The van der Waals surface area contributed by atoms with Crippen LogP contribution in [0.15, 0.2) is 30.6 Å². The topological polar surface area (TPSA) is 70.2 Å². The number of carbonyl (C=O) groups excluding carboxylic acids is 1. The van der Waals surface area contributed by atoms with Gasteiger partial charge in [0, 0.05) is 19.2 Å². The standard InChI is InChI=1S/C15H17F2N5O/c1-22(2)7-6-18-13-8-12(19-9-20-13)15(23)21-14-10(16)4-3-5-11(14)17/h3-5,8-9H,6-7H2,1-2H3,(H,21,23)(H,18,19,20). The highest BCUT2D eigenvalue weighted by atomic mass is 19.1. The van der Waals surface area contributed by atoms with Crippen LogP contribution in [0.2, 0.25) is 0 Å². The van der Waals surface area contributed by atoms with Gasteiger partial charge in [-0.3, -0.25) is 4.79 Å². The van der Waals surface area contributed by atoms with Crippen LogP contribution in [0, 0.1) is 11.6 Å². The number of nitrogens with zero attached hydrogens (tertiary/aromatic N) is 3. The Morgan fingerprint density at radius 2 is 1.91 bits per heavy atom. The molecule has 0 atom stereocenters. The van der Waals surface area contributed by atoms with E-state index >= 15 is 0 Å². The van der Waals surface area contributed by atoms with Gasteiger partial charge in [-0.05, 0) is 26.2 Å². The molecule has 122 valence electrons. The Morgan fingerprint density at radius 3 is 2.57 bits per heavy atom. The first-order chi connectivity index (χ1) is 11.0. The zero-order valence-electron chi connectivity index (χ0n) is 12.8. The molecule has 0 saturated heterocycles. The van der Waals surface area contributed by atoms with Crippen LogP contribution >= 0.6 is 0 Å². The summed E-state index contributed by atoms with van der Waals surface area (Å²) in [6.45, 7) is 1.42. The smallest absolute Gasteiger partial charge is 0.274 e. The maximum absolute atomic E-state index is 13.5. The third-order valence-corrected chi connectivity index (χ3v) is 2.97. The molecule has 6 nitrogen and oxygen atoms in total. The number of likely N-dealkylation sites (N-methyl/N-ethyl adjacent to an activating group) is 1. The Balaban J connectivity index is 2.08. The van der Waals surface area contributed by atoms with Gasteiger partial charge in [0.05, 0.1) is 0 Å². The lowest BCUT2D eigenvalue weighted by atomic mass is 10.2. The zero-order valence-corrected chi connectivity index (χ0v) is 12.8. The number of amides is 1. The molecule has 0 saturated carbocycles. The maximum Gasteiger partial charge on any atom is 0.274 e. The highest BCUT2D eigenvalue weighted by Crippen LogP contribution is 2.18. The summed E-state index contributed by atoms with van der Waals surface area (Å²) in [5, 5.41) is 5.22. The Kier molecular flexibility index (Phi) is 5.53. The van der Waals surface area contributed by atoms with Gasteiger partial charge >= 0.3 is 0 Å². The molecule has 1 heterocycles. The van der Waals surface area contributed by atoms with E-state index in [0.29, 0.717) is 12.4 Å². The lowest BCUT2D eigenvalue weighted by molar-refractivity contribution is 0.102. The second-order valence-electron chi connectivity index (χ2n) is 5.07. The molecule has 1 aromatic heterocycles. The molecule has 0 unspecified atom stereocenters. The van der Waals surface area contributed by atoms with E-state index in [1.165, 1.54) is 18.5 Å². The molecule has 0 spiro atoms. The largest absolute Gasteiger partial charge is 0.369 e. The first kappa shape index (κ1) is 16.8. The van der Waals surface area contributed by atoms with Crippen molar-refractivity contribution < 1.29 is 13.6 Å². The van der Waals surface area contributed by atoms with Crippen molar-refractivity contribution in [1.82, 2.24) is 14.9 Å². The summed E-state index contributed by atoms with van der Waals surface area (Å²) in [5.74, 6) is -1.96. The molecule has 2 aromatic rings. The van der Waals surface area contributed by atoms with Gasteiger partial charge in [-0.1, -0.05) is 6.07 Å². The molecule has 0 radical (unpaired) electrons. The van der Waals surface area contributed by atoms with Gasteiger partial charge in [0.25, 0.3) is 5.91 Å². The SMILES string of the molecule is CN(C)CCNc1cc(C(=O)Nc2c(F)cccc2F)ncn1. The third kappa shape index (κ3) is 4.68. The van der Waals surface area contributed by atoms with Crippen LogP contribution in [0.25, 0.3) is 0 Å². The van der Waals surface area contributed by atoms with Gasteiger partial charge in [0.2, 0.25) is 0 Å². The summed E-state index contributed by atoms with van der Waals surface area (Å²) in [6.07, 6.45) is 1.21. The van der Waals surface area contributed by atoms with Crippen molar-refractivity contribution in [3.63, 3.8) is 0 Å². The Labute approximate surface area is 132 Å². The van der Waals surface area contributed by atoms with Crippen LogP contribution in [-0.4, -0.2) is 48.0 Å². The summed E-state index contributed by atoms with van der Waals surface area (Å²) in [4.78, 5) is 21.9. The predicted molar refractivity (Wildman–Crippen MR) is 83.4 cm³/mol. The molecular formula is C15H17F2N5O. The number of anilines is 2.